The first-order valence-electron chi connectivity index (χ1n) is 9.43. The van der Waals surface area contributed by atoms with Crippen LogP contribution in [-0.4, -0.2) is 46.8 Å². The van der Waals surface area contributed by atoms with Crippen molar-refractivity contribution in [2.75, 3.05) is 20.1 Å². The fourth-order valence-corrected chi connectivity index (χ4v) is 3.51. The third kappa shape index (κ3) is 4.33. The van der Waals surface area contributed by atoms with E-state index in [4.69, 9.17) is 0 Å². The van der Waals surface area contributed by atoms with E-state index in [1.54, 1.807) is 27.9 Å². The van der Waals surface area contributed by atoms with Gasteiger partial charge in [0.05, 0.1) is 11.3 Å². The highest BCUT2D eigenvalue weighted by Gasteiger charge is 2.27. The quantitative estimate of drug-likeness (QED) is 0.705. The van der Waals surface area contributed by atoms with Gasteiger partial charge in [-0.1, -0.05) is 29.8 Å². The van der Waals surface area contributed by atoms with Gasteiger partial charge < -0.3 is 10.2 Å². The number of hydrogen-bond acceptors (Lipinski definition) is 3. The molecule has 1 unspecified atom stereocenters. The lowest BCUT2D eigenvalue weighted by Gasteiger charge is -2.23. The zero-order valence-electron chi connectivity index (χ0n) is 16.4. The number of aryl methyl sites for hydroxylation is 1. The first kappa shape index (κ1) is 21.0. The number of nitrogens with zero attached hydrogens (tertiary/aromatic N) is 3. The van der Waals surface area contributed by atoms with Gasteiger partial charge in [-0.2, -0.15) is 5.10 Å². The number of hydrogen-bond donors (Lipinski definition) is 1. The molecule has 5 nitrogen and oxygen atoms in total. The van der Waals surface area contributed by atoms with Gasteiger partial charge in [0, 0.05) is 31.4 Å². The molecule has 4 rings (SSSR count). The van der Waals surface area contributed by atoms with Crippen molar-refractivity contribution in [2.45, 2.75) is 19.4 Å². The third-order valence-corrected chi connectivity index (χ3v) is 5.26. The highest BCUT2D eigenvalue weighted by Crippen LogP contribution is 2.26. The Bertz CT molecular complexity index is 979. The summed E-state index contributed by atoms with van der Waals surface area (Å²) < 4.78 is 14.9. The maximum Gasteiger partial charge on any atom is 0.257 e. The van der Waals surface area contributed by atoms with Crippen molar-refractivity contribution in [1.29, 1.82) is 0 Å². The van der Waals surface area contributed by atoms with Gasteiger partial charge in [-0.05, 0) is 44.2 Å². The minimum absolute atomic E-state index is 0. The number of halogens is 2. The van der Waals surface area contributed by atoms with E-state index in [2.05, 4.69) is 10.4 Å². The molecule has 3 aromatic rings. The van der Waals surface area contributed by atoms with Crippen molar-refractivity contribution in [1.82, 2.24) is 20.0 Å². The Hall–Kier alpha value is -2.70. The lowest BCUT2D eigenvalue weighted by molar-refractivity contribution is 0.0744. The molecule has 1 N–H and O–H groups in total. The Morgan fingerprint density at radius 2 is 1.86 bits per heavy atom. The van der Waals surface area contributed by atoms with Gasteiger partial charge in [0.25, 0.3) is 5.91 Å². The van der Waals surface area contributed by atoms with Crippen molar-refractivity contribution < 1.29 is 9.18 Å². The predicted octanol–water partition coefficient (Wildman–Crippen LogP) is 3.84. The summed E-state index contributed by atoms with van der Waals surface area (Å²) in [6.07, 6.45) is 2.68. The Morgan fingerprint density at radius 3 is 2.48 bits per heavy atom. The third-order valence-electron chi connectivity index (χ3n) is 5.26. The van der Waals surface area contributed by atoms with Gasteiger partial charge in [0.1, 0.15) is 11.5 Å². The topological polar surface area (TPSA) is 50.2 Å². The van der Waals surface area contributed by atoms with Crippen LogP contribution in [-0.2, 0) is 0 Å². The van der Waals surface area contributed by atoms with Gasteiger partial charge in [-0.25, -0.2) is 9.07 Å². The molecule has 0 spiro atoms. The van der Waals surface area contributed by atoms with Crippen molar-refractivity contribution in [2.24, 2.45) is 0 Å². The van der Waals surface area contributed by atoms with Gasteiger partial charge in [-0.15, -0.1) is 12.4 Å². The summed E-state index contributed by atoms with van der Waals surface area (Å²) in [4.78, 5) is 15.1. The number of nitrogens with one attached hydrogen (secondary N) is 1. The summed E-state index contributed by atoms with van der Waals surface area (Å²) in [7, 11) is 1.84. The molecule has 7 heteroatoms. The van der Waals surface area contributed by atoms with Crippen LogP contribution in [0.25, 0.3) is 16.9 Å². The van der Waals surface area contributed by atoms with Gasteiger partial charge in [-0.3, -0.25) is 4.79 Å². The second-order valence-corrected chi connectivity index (χ2v) is 7.24. The number of rotatable bonds is 4. The van der Waals surface area contributed by atoms with Crippen LogP contribution in [0.4, 0.5) is 4.39 Å². The average Bonchev–Trinajstić information content (AvgIpc) is 3.38. The smallest absolute Gasteiger partial charge is 0.257 e. The summed E-state index contributed by atoms with van der Waals surface area (Å²) in [6, 6.07) is 14.2. The molecular formula is C22H24ClFN4O. The molecule has 1 fully saturated rings. The Balaban J connectivity index is 0.00000240. The number of carbonyl (C=O) groups is 1. The normalized spacial score (nSPS) is 15.8. The molecular weight excluding hydrogens is 391 g/mol. The highest BCUT2D eigenvalue weighted by molar-refractivity contribution is 6.00. The molecule has 1 atom stereocenters. The highest BCUT2D eigenvalue weighted by atomic mass is 35.5. The zero-order chi connectivity index (χ0) is 19.7. The van der Waals surface area contributed by atoms with Crippen LogP contribution in [0.1, 0.15) is 22.3 Å². The van der Waals surface area contributed by atoms with Crippen LogP contribution in [0.15, 0.2) is 54.7 Å². The Morgan fingerprint density at radius 1 is 1.17 bits per heavy atom. The molecule has 1 aliphatic heterocycles. The predicted molar refractivity (Wildman–Crippen MR) is 114 cm³/mol. The minimum atomic E-state index is -0.306. The van der Waals surface area contributed by atoms with Crippen LogP contribution >= 0.6 is 12.4 Å². The van der Waals surface area contributed by atoms with Crippen LogP contribution in [0, 0.1) is 12.7 Å². The lowest BCUT2D eigenvalue weighted by Crippen LogP contribution is -2.38. The first-order chi connectivity index (χ1) is 13.5. The van der Waals surface area contributed by atoms with Gasteiger partial charge in [0.15, 0.2) is 0 Å². The van der Waals surface area contributed by atoms with E-state index in [0.717, 1.165) is 30.6 Å². The summed E-state index contributed by atoms with van der Waals surface area (Å²) in [5, 5.41) is 7.97. The second kappa shape index (κ2) is 8.76. The van der Waals surface area contributed by atoms with Crippen molar-refractivity contribution >= 4 is 18.3 Å². The van der Waals surface area contributed by atoms with Crippen molar-refractivity contribution in [3.63, 3.8) is 0 Å². The minimum Gasteiger partial charge on any atom is -0.337 e. The molecule has 1 aromatic heterocycles. The SMILES string of the molecule is Cc1ccc(-c2nn(-c3ccc(F)cc3)cc2C(=O)N(C)C2CCNC2)cc1.Cl. The number of amides is 1. The molecule has 2 aromatic carbocycles. The monoisotopic (exact) mass is 414 g/mol. The lowest BCUT2D eigenvalue weighted by atomic mass is 10.1. The first-order valence-corrected chi connectivity index (χ1v) is 9.43. The van der Waals surface area contributed by atoms with E-state index in [1.807, 2.05) is 38.2 Å². The molecule has 0 aliphatic carbocycles. The molecule has 0 bridgehead atoms. The van der Waals surface area contributed by atoms with E-state index < -0.39 is 0 Å². The van der Waals surface area contributed by atoms with Gasteiger partial charge in [0.2, 0.25) is 0 Å². The van der Waals surface area contributed by atoms with E-state index in [-0.39, 0.29) is 30.2 Å². The maximum atomic E-state index is 13.3. The number of aromatic nitrogens is 2. The molecule has 1 aliphatic rings. The van der Waals surface area contributed by atoms with Crippen LogP contribution in [0.2, 0.25) is 0 Å². The number of carbonyl (C=O) groups excluding carboxylic acids is 1. The van der Waals surface area contributed by atoms with Crippen LogP contribution < -0.4 is 5.32 Å². The zero-order valence-corrected chi connectivity index (χ0v) is 17.2. The van der Waals surface area contributed by atoms with E-state index in [9.17, 15) is 9.18 Å². The average molecular weight is 415 g/mol. The fraction of sp³-hybridized carbons (Fsp3) is 0.273. The summed E-state index contributed by atoms with van der Waals surface area (Å²) >= 11 is 0. The van der Waals surface area contributed by atoms with E-state index in [1.165, 1.54) is 12.1 Å². The van der Waals surface area contributed by atoms with Crippen molar-refractivity contribution in [3.05, 3.63) is 71.7 Å². The number of likely N-dealkylation sites (N-methyl/N-ethyl adjacent to an activating group) is 1. The molecule has 0 radical (unpaired) electrons. The molecule has 29 heavy (non-hydrogen) atoms. The van der Waals surface area contributed by atoms with E-state index in [0.29, 0.717) is 16.9 Å². The fourth-order valence-electron chi connectivity index (χ4n) is 3.51. The van der Waals surface area contributed by atoms with Crippen LogP contribution in [0.5, 0.6) is 0 Å². The molecule has 1 amide bonds. The molecule has 152 valence electrons. The molecule has 1 saturated heterocycles. The van der Waals surface area contributed by atoms with Crippen molar-refractivity contribution in [3.8, 4) is 16.9 Å². The summed E-state index contributed by atoms with van der Waals surface area (Å²) in [5.41, 5.74) is 3.91. The van der Waals surface area contributed by atoms with Crippen LogP contribution in [0.3, 0.4) is 0 Å². The number of benzene rings is 2. The summed E-state index contributed by atoms with van der Waals surface area (Å²) in [6.45, 7) is 3.74. The van der Waals surface area contributed by atoms with E-state index >= 15 is 0 Å². The molecule has 2 heterocycles. The Kier molecular flexibility index (Phi) is 6.35. The maximum absolute atomic E-state index is 13.3. The standard InChI is InChI=1S/C22H23FN4O.ClH/c1-15-3-5-16(6-4-15)21-20(22(28)26(2)19-11-12-24-13-19)14-27(25-21)18-9-7-17(23)8-10-18;/h3-10,14,19,24H,11-13H2,1-2H3;1H. The largest absolute Gasteiger partial charge is 0.337 e. The second-order valence-electron chi connectivity index (χ2n) is 7.24. The Labute approximate surface area is 175 Å². The van der Waals surface area contributed by atoms with Gasteiger partial charge >= 0.3 is 0 Å². The summed E-state index contributed by atoms with van der Waals surface area (Å²) in [5.74, 6) is -0.364. The molecule has 0 saturated carbocycles.